The summed E-state index contributed by atoms with van der Waals surface area (Å²) in [6.45, 7) is -0.708. The molecule has 14 heavy (non-hydrogen) atoms. The van der Waals surface area contributed by atoms with Gasteiger partial charge < -0.3 is 35.4 Å². The largest absolute Gasteiger partial charge is 0.394 e. The van der Waals surface area contributed by atoms with Gasteiger partial charge in [0.1, 0.15) is 30.5 Å². The summed E-state index contributed by atoms with van der Waals surface area (Å²) in [5.74, 6) is 0. The van der Waals surface area contributed by atoms with Crippen LogP contribution in [0, 0.1) is 0 Å². The maximum atomic E-state index is 9.31. The van der Waals surface area contributed by atoms with Crippen LogP contribution in [0.15, 0.2) is 0 Å². The predicted octanol–water partition coefficient (Wildman–Crippen LogP) is -3.86. The predicted molar refractivity (Wildman–Crippen MR) is 42.0 cm³/mol. The lowest BCUT2D eigenvalue weighted by Crippen LogP contribution is -2.46. The highest BCUT2D eigenvalue weighted by molar-refractivity contribution is 4.92. The Kier molecular flexibility index (Phi) is 3.78. The quantitative estimate of drug-likeness (QED) is 0.281. The van der Waals surface area contributed by atoms with Gasteiger partial charge in [0, 0.05) is 0 Å². The van der Waals surface area contributed by atoms with Gasteiger partial charge in [-0.25, -0.2) is 0 Å². The molecule has 0 aromatic heterocycles. The molecular weight excluding hydrogens is 196 g/mol. The highest BCUT2D eigenvalue weighted by Gasteiger charge is 2.46. The van der Waals surface area contributed by atoms with Crippen molar-refractivity contribution in [3.63, 3.8) is 0 Å². The SMILES string of the molecule is OC[C@@H](O)[C@@H](O)[C@H]1O[C@@H](O)[C@H](O)[C@H]1O. The van der Waals surface area contributed by atoms with Crippen molar-refractivity contribution in [2.75, 3.05) is 6.61 Å². The molecule has 0 spiro atoms. The fourth-order valence-corrected chi connectivity index (χ4v) is 1.29. The van der Waals surface area contributed by atoms with Crippen molar-refractivity contribution >= 4 is 0 Å². The Morgan fingerprint density at radius 3 is 2.00 bits per heavy atom. The fraction of sp³-hybridized carbons (Fsp3) is 1.00. The molecule has 7 heteroatoms. The first-order chi connectivity index (χ1) is 6.49. The molecule has 1 aliphatic heterocycles. The molecule has 84 valence electrons. The first-order valence-corrected chi connectivity index (χ1v) is 4.15. The summed E-state index contributed by atoms with van der Waals surface area (Å²) >= 11 is 0. The second-order valence-corrected chi connectivity index (χ2v) is 3.21. The van der Waals surface area contributed by atoms with Crippen molar-refractivity contribution in [2.24, 2.45) is 0 Å². The van der Waals surface area contributed by atoms with Crippen LogP contribution in [0.3, 0.4) is 0 Å². The zero-order valence-electron chi connectivity index (χ0n) is 7.26. The number of ether oxygens (including phenoxy) is 1. The van der Waals surface area contributed by atoms with Crippen LogP contribution in [0.25, 0.3) is 0 Å². The Bertz CT molecular complexity index is 187. The lowest BCUT2D eigenvalue weighted by molar-refractivity contribution is -0.164. The molecule has 0 amide bonds. The van der Waals surface area contributed by atoms with Gasteiger partial charge in [-0.15, -0.1) is 0 Å². The molecule has 0 radical (unpaired) electrons. The van der Waals surface area contributed by atoms with Crippen molar-refractivity contribution < 1.29 is 35.4 Å². The summed E-state index contributed by atoms with van der Waals surface area (Å²) in [6, 6.07) is 0. The standard InChI is InChI=1S/C7H14O7/c8-1-2(9)3(10)6-4(11)5(12)7(13)14-6/h2-13H,1H2/t2-,3-,4-,5-,6-,7-/m1/s1. The molecule has 0 aromatic carbocycles. The lowest BCUT2D eigenvalue weighted by Gasteiger charge is -2.23. The molecule has 1 rings (SSSR count). The van der Waals surface area contributed by atoms with Gasteiger partial charge in [0.05, 0.1) is 6.61 Å². The number of hydrogen-bond acceptors (Lipinski definition) is 7. The monoisotopic (exact) mass is 210 g/mol. The number of aliphatic hydroxyl groups is 6. The van der Waals surface area contributed by atoms with E-state index in [9.17, 15) is 10.2 Å². The maximum Gasteiger partial charge on any atom is 0.184 e. The van der Waals surface area contributed by atoms with Gasteiger partial charge in [0.25, 0.3) is 0 Å². The van der Waals surface area contributed by atoms with E-state index in [-0.39, 0.29) is 0 Å². The first kappa shape index (κ1) is 11.8. The summed E-state index contributed by atoms with van der Waals surface area (Å²) in [5, 5.41) is 54.1. The average Bonchev–Trinajstić information content (AvgIpc) is 2.43. The Labute approximate surface area is 79.8 Å². The van der Waals surface area contributed by atoms with E-state index >= 15 is 0 Å². The van der Waals surface area contributed by atoms with Gasteiger partial charge >= 0.3 is 0 Å². The van der Waals surface area contributed by atoms with Gasteiger partial charge in [-0.3, -0.25) is 0 Å². The minimum atomic E-state index is -1.60. The van der Waals surface area contributed by atoms with E-state index in [0.717, 1.165) is 0 Å². The minimum Gasteiger partial charge on any atom is -0.394 e. The summed E-state index contributed by atoms with van der Waals surface area (Å²) in [7, 11) is 0. The highest BCUT2D eigenvalue weighted by Crippen LogP contribution is 2.23. The molecule has 1 saturated heterocycles. The Morgan fingerprint density at radius 1 is 1.07 bits per heavy atom. The van der Waals surface area contributed by atoms with Crippen LogP contribution in [0.1, 0.15) is 0 Å². The van der Waals surface area contributed by atoms with Crippen LogP contribution in [0.2, 0.25) is 0 Å². The van der Waals surface area contributed by atoms with E-state index < -0.39 is 43.4 Å². The molecule has 0 bridgehead atoms. The van der Waals surface area contributed by atoms with Crippen LogP contribution in [-0.4, -0.2) is 74.1 Å². The first-order valence-electron chi connectivity index (χ1n) is 4.15. The molecule has 1 fully saturated rings. The third kappa shape index (κ3) is 2.04. The van der Waals surface area contributed by atoms with Crippen LogP contribution in [-0.2, 0) is 4.74 Å². The third-order valence-corrected chi connectivity index (χ3v) is 2.19. The maximum absolute atomic E-state index is 9.31. The minimum absolute atomic E-state index is 0.708. The van der Waals surface area contributed by atoms with Gasteiger partial charge in [-0.1, -0.05) is 0 Å². The van der Waals surface area contributed by atoms with E-state index in [1.165, 1.54) is 0 Å². The number of hydrogen-bond donors (Lipinski definition) is 6. The number of aliphatic hydroxyl groups excluding tert-OH is 6. The molecule has 1 heterocycles. The van der Waals surface area contributed by atoms with E-state index in [1.807, 2.05) is 0 Å². The molecule has 0 aromatic rings. The topological polar surface area (TPSA) is 131 Å². The Hall–Kier alpha value is -0.280. The van der Waals surface area contributed by atoms with E-state index in [4.69, 9.17) is 20.4 Å². The van der Waals surface area contributed by atoms with Gasteiger partial charge in [0.2, 0.25) is 0 Å². The van der Waals surface area contributed by atoms with Crippen molar-refractivity contribution in [1.82, 2.24) is 0 Å². The van der Waals surface area contributed by atoms with E-state index in [2.05, 4.69) is 4.74 Å². The molecule has 7 nitrogen and oxygen atoms in total. The van der Waals surface area contributed by atoms with Gasteiger partial charge in [0.15, 0.2) is 6.29 Å². The Balaban J connectivity index is 2.61. The van der Waals surface area contributed by atoms with Crippen molar-refractivity contribution in [3.05, 3.63) is 0 Å². The van der Waals surface area contributed by atoms with E-state index in [0.29, 0.717) is 0 Å². The van der Waals surface area contributed by atoms with Crippen molar-refractivity contribution in [1.29, 1.82) is 0 Å². The third-order valence-electron chi connectivity index (χ3n) is 2.19. The van der Waals surface area contributed by atoms with Crippen molar-refractivity contribution in [2.45, 2.75) is 36.8 Å². The average molecular weight is 210 g/mol. The molecule has 0 aliphatic carbocycles. The van der Waals surface area contributed by atoms with Gasteiger partial charge in [-0.2, -0.15) is 0 Å². The van der Waals surface area contributed by atoms with Crippen LogP contribution < -0.4 is 0 Å². The van der Waals surface area contributed by atoms with Crippen LogP contribution in [0.5, 0.6) is 0 Å². The normalized spacial score (nSPS) is 42.4. The van der Waals surface area contributed by atoms with Gasteiger partial charge in [-0.05, 0) is 0 Å². The molecular formula is C7H14O7. The molecule has 6 N–H and O–H groups in total. The summed E-state index contributed by atoms with van der Waals surface area (Å²) in [6.07, 6.45) is -9.01. The zero-order chi connectivity index (χ0) is 10.9. The molecule has 1 aliphatic rings. The lowest BCUT2D eigenvalue weighted by atomic mass is 10.0. The van der Waals surface area contributed by atoms with Crippen LogP contribution >= 0.6 is 0 Å². The fourth-order valence-electron chi connectivity index (χ4n) is 1.29. The smallest absolute Gasteiger partial charge is 0.184 e. The van der Waals surface area contributed by atoms with E-state index in [1.54, 1.807) is 0 Å². The summed E-state index contributed by atoms with van der Waals surface area (Å²) in [5.41, 5.74) is 0. The molecule has 0 saturated carbocycles. The number of rotatable bonds is 3. The second-order valence-electron chi connectivity index (χ2n) is 3.21. The van der Waals surface area contributed by atoms with Crippen molar-refractivity contribution in [3.8, 4) is 0 Å². The highest BCUT2D eigenvalue weighted by atomic mass is 16.6. The molecule has 0 unspecified atom stereocenters. The zero-order valence-corrected chi connectivity index (χ0v) is 7.26. The Morgan fingerprint density at radius 2 is 1.64 bits per heavy atom. The summed E-state index contributed by atoms with van der Waals surface area (Å²) < 4.78 is 4.61. The summed E-state index contributed by atoms with van der Waals surface area (Å²) in [4.78, 5) is 0. The second kappa shape index (κ2) is 4.49. The molecule has 6 atom stereocenters. The van der Waals surface area contributed by atoms with Crippen LogP contribution in [0.4, 0.5) is 0 Å².